The number of hydrogen-bond donors (Lipinski definition) is 4. The Morgan fingerprint density at radius 3 is 2.14 bits per heavy atom. The number of carbonyl (C=O) groups excluding carboxylic acids is 6. The molecule has 0 bridgehead atoms. The summed E-state index contributed by atoms with van der Waals surface area (Å²) in [6, 6.07) is 4.32. The lowest BCUT2D eigenvalue weighted by Gasteiger charge is -2.36. The van der Waals surface area contributed by atoms with E-state index in [0.717, 1.165) is 32.4 Å². The predicted molar refractivity (Wildman–Crippen MR) is 189 cm³/mol. The number of ketones is 2. The minimum absolute atomic E-state index is 0.0317. The summed E-state index contributed by atoms with van der Waals surface area (Å²) in [5.74, 6) is -3.30. The van der Waals surface area contributed by atoms with Crippen molar-refractivity contribution < 1.29 is 28.8 Å². The van der Waals surface area contributed by atoms with Gasteiger partial charge in [-0.1, -0.05) is 65.0 Å². The van der Waals surface area contributed by atoms with E-state index in [1.807, 2.05) is 41.5 Å². The third kappa shape index (κ3) is 11.1. The number of hydrogen-bond acceptors (Lipinski definition) is 7. The molecular weight excluding hydrogens is 624 g/mol. The summed E-state index contributed by atoms with van der Waals surface area (Å²) < 4.78 is 0. The van der Waals surface area contributed by atoms with E-state index < -0.39 is 64.4 Å². The molecule has 1 aromatic rings. The molecule has 1 aromatic carbocycles. The lowest BCUT2D eigenvalue weighted by Crippen LogP contribution is -2.61. The van der Waals surface area contributed by atoms with Crippen molar-refractivity contribution >= 4 is 35.3 Å². The summed E-state index contributed by atoms with van der Waals surface area (Å²) in [7, 11) is 0. The lowest BCUT2D eigenvalue weighted by molar-refractivity contribution is -0.142. The number of amides is 5. The quantitative estimate of drug-likeness (QED) is 0.173. The molecule has 5 amide bonds. The highest BCUT2D eigenvalue weighted by atomic mass is 16.2. The van der Waals surface area contributed by atoms with Crippen LogP contribution in [0.3, 0.4) is 0 Å². The molecular formula is C37H58N6O6. The Labute approximate surface area is 291 Å². The molecule has 0 aromatic heterocycles. The van der Waals surface area contributed by atoms with Crippen LogP contribution in [0.2, 0.25) is 0 Å². The van der Waals surface area contributed by atoms with Crippen molar-refractivity contribution in [2.45, 2.75) is 124 Å². The molecule has 0 spiro atoms. The molecule has 2 unspecified atom stereocenters. The molecule has 4 N–H and O–H groups in total. The summed E-state index contributed by atoms with van der Waals surface area (Å²) in [4.78, 5) is 85.5. The van der Waals surface area contributed by atoms with Gasteiger partial charge in [-0.3, -0.25) is 28.9 Å². The number of nitrogens with one attached hydrogen (secondary N) is 4. The maximum Gasteiger partial charge on any atom is 0.315 e. The first-order valence-corrected chi connectivity index (χ1v) is 17.8. The lowest BCUT2D eigenvalue weighted by atomic mass is 9.85. The second-order valence-electron chi connectivity index (χ2n) is 15.6. The zero-order valence-corrected chi connectivity index (χ0v) is 30.7. The fraction of sp³-hybridized carbons (Fsp3) is 0.676. The summed E-state index contributed by atoms with van der Waals surface area (Å²) in [5.41, 5.74) is -1.04. The van der Waals surface area contributed by atoms with Crippen molar-refractivity contribution in [3.63, 3.8) is 0 Å². The molecule has 2 aliphatic rings. The van der Waals surface area contributed by atoms with Crippen LogP contribution in [0.15, 0.2) is 30.3 Å². The monoisotopic (exact) mass is 682 g/mol. The van der Waals surface area contributed by atoms with Crippen LogP contribution >= 0.6 is 0 Å². The second kappa shape index (κ2) is 17.2. The van der Waals surface area contributed by atoms with Gasteiger partial charge in [-0.2, -0.15) is 0 Å². The topological polar surface area (TPSA) is 157 Å². The van der Waals surface area contributed by atoms with Gasteiger partial charge in [-0.25, -0.2) is 4.79 Å². The molecule has 5 atom stereocenters. The van der Waals surface area contributed by atoms with E-state index in [4.69, 9.17) is 0 Å². The van der Waals surface area contributed by atoms with Crippen LogP contribution in [-0.4, -0.2) is 101 Å². The van der Waals surface area contributed by atoms with Crippen molar-refractivity contribution in [1.82, 2.24) is 31.1 Å². The number of rotatable bonds is 14. The van der Waals surface area contributed by atoms with Gasteiger partial charge < -0.3 is 26.2 Å². The first kappa shape index (κ1) is 39.6. The standard InChI is InChI=1S/C37H58N6O6/c1-9-19-42(20-10-2)26-22-28(43(23-26)34(48)31(36(3,4)5)40-35(49)41-37(6,7)8)33(47)39-27(21-25-17-14-18-38-32(25)46)30(45)29(44)24-15-12-11-13-16-24/h11-13,15-16,25-28,31H,9-10,14,17-23H2,1-8H3,(H,38,46)(H,39,47)(H2,40,41,49)/t25?,26-,27?,28+,31-/m1/s1. The molecule has 272 valence electrons. The zero-order valence-electron chi connectivity index (χ0n) is 30.7. The molecule has 2 fully saturated rings. The molecule has 12 nitrogen and oxygen atoms in total. The number of likely N-dealkylation sites (tertiary alicyclic amines) is 1. The molecule has 0 aliphatic carbocycles. The van der Waals surface area contributed by atoms with Crippen LogP contribution < -0.4 is 21.3 Å². The predicted octanol–water partition coefficient (Wildman–Crippen LogP) is 3.44. The van der Waals surface area contributed by atoms with E-state index in [0.29, 0.717) is 19.4 Å². The van der Waals surface area contributed by atoms with Crippen LogP contribution in [0.1, 0.15) is 104 Å². The smallest absolute Gasteiger partial charge is 0.315 e. The molecule has 0 radical (unpaired) electrons. The molecule has 3 rings (SSSR count). The maximum atomic E-state index is 14.5. The minimum Gasteiger partial charge on any atom is -0.356 e. The molecule has 2 heterocycles. The average Bonchev–Trinajstić information content (AvgIpc) is 3.48. The van der Waals surface area contributed by atoms with Gasteiger partial charge >= 0.3 is 6.03 Å². The van der Waals surface area contributed by atoms with Gasteiger partial charge in [0.2, 0.25) is 29.3 Å². The van der Waals surface area contributed by atoms with Crippen LogP contribution in [-0.2, 0) is 19.2 Å². The number of urea groups is 1. The normalized spacial score (nSPS) is 21.0. The molecule has 0 saturated carbocycles. The fourth-order valence-corrected chi connectivity index (χ4v) is 6.68. The van der Waals surface area contributed by atoms with Gasteiger partial charge in [0, 0.05) is 36.2 Å². The Kier molecular flexibility index (Phi) is 13.9. The molecule has 49 heavy (non-hydrogen) atoms. The van der Waals surface area contributed by atoms with E-state index >= 15 is 0 Å². The maximum absolute atomic E-state index is 14.5. The Hall–Kier alpha value is -3.80. The summed E-state index contributed by atoms with van der Waals surface area (Å²) in [6.07, 6.45) is 3.32. The summed E-state index contributed by atoms with van der Waals surface area (Å²) in [6.45, 7) is 17.6. The Balaban J connectivity index is 1.98. The number of Topliss-reactive ketones (excluding diaryl/α,β-unsaturated/α-hetero) is 2. The van der Waals surface area contributed by atoms with Gasteiger partial charge in [0.25, 0.3) is 0 Å². The average molecular weight is 683 g/mol. The van der Waals surface area contributed by atoms with Gasteiger partial charge in [0.1, 0.15) is 12.1 Å². The fourth-order valence-electron chi connectivity index (χ4n) is 6.68. The molecule has 2 saturated heterocycles. The van der Waals surface area contributed by atoms with E-state index in [2.05, 4.69) is 40.0 Å². The van der Waals surface area contributed by atoms with Crippen molar-refractivity contribution in [3.8, 4) is 0 Å². The van der Waals surface area contributed by atoms with E-state index in [1.165, 1.54) is 4.90 Å². The second-order valence-corrected chi connectivity index (χ2v) is 15.6. The largest absolute Gasteiger partial charge is 0.356 e. The highest BCUT2D eigenvalue weighted by Gasteiger charge is 2.47. The van der Waals surface area contributed by atoms with Crippen LogP contribution in [0.25, 0.3) is 0 Å². The van der Waals surface area contributed by atoms with Crippen LogP contribution in [0.5, 0.6) is 0 Å². The summed E-state index contributed by atoms with van der Waals surface area (Å²) in [5, 5.41) is 11.4. The van der Waals surface area contributed by atoms with E-state index in [-0.39, 0.29) is 30.5 Å². The van der Waals surface area contributed by atoms with Crippen molar-refractivity contribution in [3.05, 3.63) is 35.9 Å². The SMILES string of the molecule is CCCN(CCC)[C@@H]1C[C@@H](C(=O)NC(CC2CCCNC2=O)C(=O)C(=O)c2ccccc2)N(C(=O)[C@@H](NC(=O)NC(C)(C)C)C(C)(C)C)C1. The minimum atomic E-state index is -1.26. The Bertz CT molecular complexity index is 1330. The third-order valence-electron chi connectivity index (χ3n) is 9.09. The van der Waals surface area contributed by atoms with Gasteiger partial charge in [-0.05, 0) is 77.8 Å². The third-order valence-corrected chi connectivity index (χ3v) is 9.09. The van der Waals surface area contributed by atoms with Crippen molar-refractivity contribution in [1.29, 1.82) is 0 Å². The zero-order chi connectivity index (χ0) is 36.5. The first-order chi connectivity index (χ1) is 23.0. The number of piperidine rings is 1. The van der Waals surface area contributed by atoms with Crippen molar-refractivity contribution in [2.24, 2.45) is 11.3 Å². The highest BCUT2D eigenvalue weighted by Crippen LogP contribution is 2.29. The number of nitrogens with zero attached hydrogens (tertiary/aromatic N) is 2. The first-order valence-electron chi connectivity index (χ1n) is 17.8. The summed E-state index contributed by atoms with van der Waals surface area (Å²) >= 11 is 0. The molecule has 2 aliphatic heterocycles. The number of benzene rings is 1. The Morgan fingerprint density at radius 1 is 0.959 bits per heavy atom. The van der Waals surface area contributed by atoms with Gasteiger partial charge in [0.05, 0.1) is 6.04 Å². The number of carbonyl (C=O) groups is 6. The van der Waals surface area contributed by atoms with Gasteiger partial charge in [-0.15, -0.1) is 0 Å². The highest BCUT2D eigenvalue weighted by molar-refractivity contribution is 6.45. The molecule has 12 heteroatoms. The van der Waals surface area contributed by atoms with E-state index in [9.17, 15) is 28.8 Å². The van der Waals surface area contributed by atoms with Crippen LogP contribution in [0.4, 0.5) is 4.79 Å². The van der Waals surface area contributed by atoms with E-state index in [1.54, 1.807) is 30.3 Å². The Morgan fingerprint density at radius 2 is 1.59 bits per heavy atom. The van der Waals surface area contributed by atoms with Gasteiger partial charge in [0.15, 0.2) is 0 Å². The van der Waals surface area contributed by atoms with Crippen LogP contribution in [0, 0.1) is 11.3 Å². The van der Waals surface area contributed by atoms with Crippen molar-refractivity contribution in [2.75, 3.05) is 26.2 Å².